The van der Waals surface area contributed by atoms with Crippen molar-refractivity contribution in [3.63, 3.8) is 0 Å². The first-order valence-corrected chi connectivity index (χ1v) is 7.44. The number of nitrogens with one attached hydrogen (secondary N) is 1. The number of hydrogen-bond donors (Lipinski definition) is 2. The van der Waals surface area contributed by atoms with E-state index < -0.39 is 23.8 Å². The monoisotopic (exact) mass is 337 g/mol. The third-order valence-electron chi connectivity index (χ3n) is 3.66. The Balaban J connectivity index is 1.93. The maximum Gasteiger partial charge on any atom is 0.416 e. The van der Waals surface area contributed by atoms with Crippen LogP contribution in [0.1, 0.15) is 28.4 Å². The second kappa shape index (κ2) is 7.49. The van der Waals surface area contributed by atoms with Gasteiger partial charge < -0.3 is 10.4 Å². The lowest BCUT2D eigenvalue weighted by molar-refractivity contribution is -0.137. The number of carbonyl (C=O) groups is 1. The van der Waals surface area contributed by atoms with Gasteiger partial charge in [0.2, 0.25) is 5.91 Å². The van der Waals surface area contributed by atoms with E-state index in [2.05, 4.69) is 5.32 Å². The lowest BCUT2D eigenvalue weighted by Gasteiger charge is -2.15. The number of rotatable bonds is 5. The Kier molecular flexibility index (Phi) is 5.62. The largest absolute Gasteiger partial charge is 0.416 e. The number of aliphatic hydroxyl groups excluding tert-OH is 1. The van der Waals surface area contributed by atoms with Gasteiger partial charge in [0, 0.05) is 6.54 Å². The van der Waals surface area contributed by atoms with E-state index in [1.54, 1.807) is 12.1 Å². The van der Waals surface area contributed by atoms with Crippen molar-refractivity contribution in [3.8, 4) is 0 Å². The molecule has 0 aromatic heterocycles. The standard InChI is InChI=1S/C18H18F3NO2/c1-12-5-2-3-8-15(12)16(23)11-22-17(24)10-13-6-4-7-14(9-13)18(19,20)21/h2-9,16,23H,10-11H2,1H3,(H,22,24). The zero-order valence-corrected chi connectivity index (χ0v) is 13.1. The fourth-order valence-corrected chi connectivity index (χ4v) is 2.39. The van der Waals surface area contributed by atoms with Crippen LogP contribution in [-0.4, -0.2) is 17.6 Å². The Labute approximate surface area is 138 Å². The highest BCUT2D eigenvalue weighted by Gasteiger charge is 2.30. The summed E-state index contributed by atoms with van der Waals surface area (Å²) >= 11 is 0. The smallest absolute Gasteiger partial charge is 0.387 e. The number of alkyl halides is 3. The molecule has 1 unspecified atom stereocenters. The lowest BCUT2D eigenvalue weighted by atomic mass is 10.0. The summed E-state index contributed by atoms with van der Waals surface area (Å²) in [5.74, 6) is -0.443. The van der Waals surface area contributed by atoms with Gasteiger partial charge in [0.05, 0.1) is 18.1 Å². The molecule has 3 nitrogen and oxygen atoms in total. The van der Waals surface area contributed by atoms with Crippen LogP contribution in [0.15, 0.2) is 48.5 Å². The van der Waals surface area contributed by atoms with E-state index in [4.69, 9.17) is 0 Å². The van der Waals surface area contributed by atoms with Crippen LogP contribution in [0.5, 0.6) is 0 Å². The van der Waals surface area contributed by atoms with Crippen LogP contribution in [-0.2, 0) is 17.4 Å². The van der Waals surface area contributed by atoms with Gasteiger partial charge in [-0.25, -0.2) is 0 Å². The maximum absolute atomic E-state index is 12.7. The van der Waals surface area contributed by atoms with E-state index in [0.29, 0.717) is 5.56 Å². The number of benzene rings is 2. The Morgan fingerprint density at radius 3 is 2.54 bits per heavy atom. The van der Waals surface area contributed by atoms with E-state index in [9.17, 15) is 23.1 Å². The van der Waals surface area contributed by atoms with Gasteiger partial charge in [0.1, 0.15) is 0 Å². The van der Waals surface area contributed by atoms with E-state index in [1.165, 1.54) is 12.1 Å². The molecule has 0 saturated heterocycles. The molecule has 0 radical (unpaired) electrons. The Bertz CT molecular complexity index is 713. The van der Waals surface area contributed by atoms with Gasteiger partial charge in [-0.05, 0) is 29.7 Å². The van der Waals surface area contributed by atoms with E-state index in [0.717, 1.165) is 17.7 Å². The molecule has 0 spiro atoms. The molecule has 0 bridgehead atoms. The van der Waals surface area contributed by atoms with Gasteiger partial charge in [-0.15, -0.1) is 0 Å². The first-order valence-electron chi connectivity index (χ1n) is 7.44. The third kappa shape index (κ3) is 4.83. The maximum atomic E-state index is 12.7. The van der Waals surface area contributed by atoms with Crippen molar-refractivity contribution in [3.05, 3.63) is 70.8 Å². The zero-order valence-electron chi connectivity index (χ0n) is 13.1. The van der Waals surface area contributed by atoms with Crippen LogP contribution in [0.2, 0.25) is 0 Å². The summed E-state index contributed by atoms with van der Waals surface area (Å²) < 4.78 is 38.0. The molecule has 1 atom stereocenters. The number of carbonyl (C=O) groups excluding carboxylic acids is 1. The topological polar surface area (TPSA) is 49.3 Å². The fraction of sp³-hybridized carbons (Fsp3) is 0.278. The van der Waals surface area contributed by atoms with Crippen LogP contribution in [0.4, 0.5) is 13.2 Å². The minimum Gasteiger partial charge on any atom is -0.387 e. The van der Waals surface area contributed by atoms with Crippen molar-refractivity contribution in [2.75, 3.05) is 6.54 Å². The van der Waals surface area contributed by atoms with Crippen LogP contribution in [0, 0.1) is 6.92 Å². The average molecular weight is 337 g/mol. The number of aliphatic hydroxyl groups is 1. The second-order valence-electron chi connectivity index (χ2n) is 5.55. The minimum atomic E-state index is -4.44. The van der Waals surface area contributed by atoms with Crippen LogP contribution in [0.25, 0.3) is 0 Å². The molecule has 0 aliphatic carbocycles. The number of aryl methyl sites for hydroxylation is 1. The van der Waals surface area contributed by atoms with Crippen molar-refractivity contribution >= 4 is 5.91 Å². The molecule has 0 fully saturated rings. The second-order valence-corrected chi connectivity index (χ2v) is 5.55. The summed E-state index contributed by atoms with van der Waals surface area (Å²) in [4.78, 5) is 11.9. The molecule has 0 aliphatic heterocycles. The Morgan fingerprint density at radius 1 is 1.17 bits per heavy atom. The summed E-state index contributed by atoms with van der Waals surface area (Å²) in [7, 11) is 0. The highest BCUT2D eigenvalue weighted by atomic mass is 19.4. The van der Waals surface area contributed by atoms with Gasteiger partial charge in [0.15, 0.2) is 0 Å². The number of halogens is 3. The van der Waals surface area contributed by atoms with Gasteiger partial charge in [0.25, 0.3) is 0 Å². The highest BCUT2D eigenvalue weighted by molar-refractivity contribution is 5.78. The van der Waals surface area contributed by atoms with Crippen molar-refractivity contribution in [2.45, 2.75) is 25.6 Å². The quantitative estimate of drug-likeness (QED) is 0.878. The normalized spacial score (nSPS) is 12.7. The van der Waals surface area contributed by atoms with Gasteiger partial charge in [-0.1, -0.05) is 42.5 Å². The van der Waals surface area contributed by atoms with Gasteiger partial charge in [-0.3, -0.25) is 4.79 Å². The van der Waals surface area contributed by atoms with Crippen LogP contribution < -0.4 is 5.32 Å². The summed E-state index contributed by atoms with van der Waals surface area (Å²) in [6.45, 7) is 1.85. The van der Waals surface area contributed by atoms with Gasteiger partial charge >= 0.3 is 6.18 Å². The zero-order chi connectivity index (χ0) is 17.7. The van der Waals surface area contributed by atoms with Crippen molar-refractivity contribution in [1.82, 2.24) is 5.32 Å². The molecule has 0 heterocycles. The van der Waals surface area contributed by atoms with Crippen LogP contribution >= 0.6 is 0 Å². The van der Waals surface area contributed by atoms with E-state index in [1.807, 2.05) is 19.1 Å². The molecule has 24 heavy (non-hydrogen) atoms. The summed E-state index contributed by atoms with van der Waals surface area (Å²) in [5.41, 5.74) is 1.09. The summed E-state index contributed by atoms with van der Waals surface area (Å²) in [6.07, 6.45) is -5.48. The van der Waals surface area contributed by atoms with Crippen molar-refractivity contribution in [2.24, 2.45) is 0 Å². The lowest BCUT2D eigenvalue weighted by Crippen LogP contribution is -2.30. The molecular weight excluding hydrogens is 319 g/mol. The summed E-state index contributed by atoms with van der Waals surface area (Å²) in [6, 6.07) is 11.9. The van der Waals surface area contributed by atoms with Crippen molar-refractivity contribution < 1.29 is 23.1 Å². The number of hydrogen-bond acceptors (Lipinski definition) is 2. The fourth-order valence-electron chi connectivity index (χ4n) is 2.39. The third-order valence-corrected chi connectivity index (χ3v) is 3.66. The van der Waals surface area contributed by atoms with Crippen LogP contribution in [0.3, 0.4) is 0 Å². The Morgan fingerprint density at radius 2 is 1.88 bits per heavy atom. The first kappa shape index (κ1) is 18.0. The van der Waals surface area contributed by atoms with Gasteiger partial charge in [-0.2, -0.15) is 13.2 Å². The molecule has 2 rings (SSSR count). The van der Waals surface area contributed by atoms with E-state index >= 15 is 0 Å². The minimum absolute atomic E-state index is 0.00263. The first-order chi connectivity index (χ1) is 11.3. The predicted molar refractivity (Wildman–Crippen MR) is 84.3 cm³/mol. The SMILES string of the molecule is Cc1ccccc1C(O)CNC(=O)Cc1cccc(C(F)(F)F)c1. The van der Waals surface area contributed by atoms with Crippen molar-refractivity contribution in [1.29, 1.82) is 0 Å². The molecule has 2 N–H and O–H groups in total. The highest BCUT2D eigenvalue weighted by Crippen LogP contribution is 2.29. The molecule has 0 aliphatic rings. The molecule has 2 aromatic carbocycles. The molecule has 2 aromatic rings. The summed E-state index contributed by atoms with van der Waals surface area (Å²) in [5, 5.41) is 12.6. The molecule has 0 saturated carbocycles. The average Bonchev–Trinajstić information content (AvgIpc) is 2.52. The molecule has 1 amide bonds. The molecule has 128 valence electrons. The Hall–Kier alpha value is -2.34. The van der Waals surface area contributed by atoms with E-state index in [-0.39, 0.29) is 18.5 Å². The molecular formula is C18H18F3NO2. The molecule has 6 heteroatoms. The predicted octanol–water partition coefficient (Wildman–Crippen LogP) is 3.41. The number of amides is 1.